The van der Waals surface area contributed by atoms with Gasteiger partial charge in [0.2, 0.25) is 0 Å². The molecule has 5 nitrogen and oxygen atoms in total. The Kier molecular flexibility index (Phi) is 5.36. The van der Waals surface area contributed by atoms with Crippen LogP contribution in [0.1, 0.15) is 28.4 Å². The zero-order valence-corrected chi connectivity index (χ0v) is 13.1. The third kappa shape index (κ3) is 4.85. The Morgan fingerprint density at radius 2 is 1.87 bits per heavy atom. The van der Waals surface area contributed by atoms with E-state index in [9.17, 15) is 14.7 Å². The van der Waals surface area contributed by atoms with E-state index in [1.807, 2.05) is 31.2 Å². The van der Waals surface area contributed by atoms with Crippen molar-refractivity contribution >= 4 is 11.9 Å². The molecule has 0 unspecified atom stereocenters. The smallest absolute Gasteiger partial charge is 0.339 e. The summed E-state index contributed by atoms with van der Waals surface area (Å²) in [6.45, 7) is 3.86. The van der Waals surface area contributed by atoms with Crippen LogP contribution in [0.4, 0.5) is 0 Å². The summed E-state index contributed by atoms with van der Waals surface area (Å²) in [5, 5.41) is 12.1. The number of esters is 1. The minimum Gasteiger partial charge on any atom is -0.508 e. The van der Waals surface area contributed by atoms with E-state index in [1.165, 1.54) is 31.2 Å². The summed E-state index contributed by atoms with van der Waals surface area (Å²) in [6.07, 6.45) is -0.921. The van der Waals surface area contributed by atoms with Gasteiger partial charge in [-0.15, -0.1) is 0 Å². The van der Waals surface area contributed by atoms with E-state index in [4.69, 9.17) is 4.74 Å². The number of ether oxygens (including phenoxy) is 1. The number of aromatic hydroxyl groups is 1. The molecule has 2 rings (SSSR count). The van der Waals surface area contributed by atoms with Crippen LogP contribution in [-0.4, -0.2) is 23.1 Å². The fraction of sp³-hybridized carbons (Fsp3) is 0.222. The maximum absolute atomic E-state index is 12.0. The molecule has 0 fully saturated rings. The molecule has 0 radical (unpaired) electrons. The molecule has 2 N–H and O–H groups in total. The standard InChI is InChI=1S/C18H19NO4/c1-12-6-8-14(9-7-12)11-19-17(21)13(2)23-18(22)15-4-3-5-16(20)10-15/h3-10,13,20H,11H2,1-2H3,(H,19,21)/t13-/m0/s1. The topological polar surface area (TPSA) is 75.6 Å². The lowest BCUT2D eigenvalue weighted by atomic mass is 10.1. The number of carbonyl (C=O) groups is 2. The average molecular weight is 313 g/mol. The maximum atomic E-state index is 12.0. The van der Waals surface area contributed by atoms with Crippen molar-refractivity contribution in [1.29, 1.82) is 0 Å². The molecule has 2 aromatic carbocycles. The van der Waals surface area contributed by atoms with Crippen LogP contribution in [0.15, 0.2) is 48.5 Å². The largest absolute Gasteiger partial charge is 0.508 e. The van der Waals surface area contributed by atoms with Gasteiger partial charge in [-0.2, -0.15) is 0 Å². The first kappa shape index (κ1) is 16.5. The number of hydrogen-bond donors (Lipinski definition) is 2. The maximum Gasteiger partial charge on any atom is 0.339 e. The predicted octanol–water partition coefficient (Wildman–Crippen LogP) is 2.56. The molecule has 0 aromatic heterocycles. The fourth-order valence-electron chi connectivity index (χ4n) is 1.95. The van der Waals surface area contributed by atoms with Gasteiger partial charge in [-0.3, -0.25) is 4.79 Å². The lowest BCUT2D eigenvalue weighted by Gasteiger charge is -2.13. The van der Waals surface area contributed by atoms with Gasteiger partial charge in [0.05, 0.1) is 5.56 Å². The quantitative estimate of drug-likeness (QED) is 0.832. The number of nitrogens with one attached hydrogen (secondary N) is 1. The molecule has 0 heterocycles. The number of rotatable bonds is 5. The second-order valence-electron chi connectivity index (χ2n) is 5.30. The van der Waals surface area contributed by atoms with E-state index in [0.29, 0.717) is 6.54 Å². The Hall–Kier alpha value is -2.82. The van der Waals surface area contributed by atoms with Crippen molar-refractivity contribution in [3.8, 4) is 5.75 Å². The minimum atomic E-state index is -0.921. The second-order valence-corrected chi connectivity index (χ2v) is 5.30. The first-order valence-corrected chi connectivity index (χ1v) is 7.29. The van der Waals surface area contributed by atoms with Gasteiger partial charge < -0.3 is 15.2 Å². The SMILES string of the molecule is Cc1ccc(CNC(=O)[C@H](C)OC(=O)c2cccc(O)c2)cc1. The fourth-order valence-corrected chi connectivity index (χ4v) is 1.95. The van der Waals surface area contributed by atoms with Gasteiger partial charge in [0.1, 0.15) is 5.75 Å². The molecule has 5 heteroatoms. The van der Waals surface area contributed by atoms with E-state index in [1.54, 1.807) is 0 Å². The zero-order valence-electron chi connectivity index (χ0n) is 13.1. The van der Waals surface area contributed by atoms with E-state index in [2.05, 4.69) is 5.32 Å². The van der Waals surface area contributed by atoms with Crippen molar-refractivity contribution in [2.45, 2.75) is 26.5 Å². The Morgan fingerprint density at radius 1 is 1.17 bits per heavy atom. The lowest BCUT2D eigenvalue weighted by molar-refractivity contribution is -0.129. The van der Waals surface area contributed by atoms with E-state index in [-0.39, 0.29) is 17.2 Å². The van der Waals surface area contributed by atoms with Crippen molar-refractivity contribution in [1.82, 2.24) is 5.32 Å². The van der Waals surface area contributed by atoms with Crippen molar-refractivity contribution in [2.24, 2.45) is 0 Å². The van der Waals surface area contributed by atoms with Gasteiger partial charge in [-0.1, -0.05) is 35.9 Å². The Morgan fingerprint density at radius 3 is 2.52 bits per heavy atom. The number of hydrogen-bond acceptors (Lipinski definition) is 4. The Balaban J connectivity index is 1.87. The summed E-state index contributed by atoms with van der Waals surface area (Å²) in [4.78, 5) is 23.9. The molecule has 0 spiro atoms. The number of amides is 1. The first-order valence-electron chi connectivity index (χ1n) is 7.29. The normalized spacial score (nSPS) is 11.6. The second kappa shape index (κ2) is 7.45. The predicted molar refractivity (Wildman–Crippen MR) is 86.0 cm³/mol. The molecular weight excluding hydrogens is 294 g/mol. The summed E-state index contributed by atoms with van der Waals surface area (Å²) in [6, 6.07) is 13.6. The molecule has 1 amide bonds. The van der Waals surface area contributed by atoms with Gasteiger partial charge in [0, 0.05) is 6.54 Å². The van der Waals surface area contributed by atoms with Gasteiger partial charge in [0.25, 0.3) is 5.91 Å². The third-order valence-electron chi connectivity index (χ3n) is 3.32. The molecule has 0 aliphatic heterocycles. The highest BCUT2D eigenvalue weighted by atomic mass is 16.5. The average Bonchev–Trinajstić information content (AvgIpc) is 2.54. The van der Waals surface area contributed by atoms with Crippen LogP contribution in [-0.2, 0) is 16.1 Å². The number of phenols is 1. The van der Waals surface area contributed by atoms with Crippen LogP contribution < -0.4 is 5.32 Å². The molecule has 0 saturated carbocycles. The van der Waals surface area contributed by atoms with Crippen LogP contribution in [0.25, 0.3) is 0 Å². The summed E-state index contributed by atoms with van der Waals surface area (Å²) in [5.74, 6) is -1.06. The molecule has 23 heavy (non-hydrogen) atoms. The van der Waals surface area contributed by atoms with E-state index >= 15 is 0 Å². The highest BCUT2D eigenvalue weighted by Gasteiger charge is 2.18. The van der Waals surface area contributed by atoms with Crippen LogP contribution in [0.5, 0.6) is 5.75 Å². The van der Waals surface area contributed by atoms with Gasteiger partial charge in [-0.25, -0.2) is 4.79 Å². The first-order chi connectivity index (χ1) is 11.0. The molecule has 0 aliphatic carbocycles. The van der Waals surface area contributed by atoms with Crippen LogP contribution in [0.2, 0.25) is 0 Å². The van der Waals surface area contributed by atoms with Gasteiger partial charge in [-0.05, 0) is 37.6 Å². The van der Waals surface area contributed by atoms with Crippen molar-refractivity contribution < 1.29 is 19.4 Å². The van der Waals surface area contributed by atoms with Crippen molar-refractivity contribution in [3.63, 3.8) is 0 Å². The van der Waals surface area contributed by atoms with Crippen LogP contribution in [0, 0.1) is 6.92 Å². The summed E-state index contributed by atoms with van der Waals surface area (Å²) in [5.41, 5.74) is 2.31. The Bertz CT molecular complexity index is 694. The zero-order chi connectivity index (χ0) is 16.8. The van der Waals surface area contributed by atoms with Gasteiger partial charge >= 0.3 is 5.97 Å². The molecule has 0 bridgehead atoms. The number of phenolic OH excluding ortho intramolecular Hbond substituents is 1. The summed E-state index contributed by atoms with van der Waals surface area (Å²) in [7, 11) is 0. The van der Waals surface area contributed by atoms with Crippen LogP contribution in [0.3, 0.4) is 0 Å². The monoisotopic (exact) mass is 313 g/mol. The van der Waals surface area contributed by atoms with Crippen molar-refractivity contribution in [2.75, 3.05) is 0 Å². The van der Waals surface area contributed by atoms with E-state index in [0.717, 1.165) is 11.1 Å². The minimum absolute atomic E-state index is 0.0316. The van der Waals surface area contributed by atoms with Gasteiger partial charge in [0.15, 0.2) is 6.10 Å². The van der Waals surface area contributed by atoms with Crippen LogP contribution >= 0.6 is 0 Å². The number of aryl methyl sites for hydroxylation is 1. The third-order valence-corrected chi connectivity index (χ3v) is 3.32. The molecule has 0 saturated heterocycles. The highest BCUT2D eigenvalue weighted by molar-refractivity contribution is 5.92. The molecule has 120 valence electrons. The van der Waals surface area contributed by atoms with E-state index < -0.39 is 12.1 Å². The number of carbonyl (C=O) groups excluding carboxylic acids is 2. The molecule has 0 aliphatic rings. The van der Waals surface area contributed by atoms with Crippen molar-refractivity contribution in [3.05, 3.63) is 65.2 Å². The molecule has 2 aromatic rings. The summed E-state index contributed by atoms with van der Waals surface area (Å²) >= 11 is 0. The molecular formula is C18H19NO4. The number of benzene rings is 2. The summed E-state index contributed by atoms with van der Waals surface area (Å²) < 4.78 is 5.10. The molecule has 1 atom stereocenters. The Labute approximate surface area is 134 Å². The highest BCUT2D eigenvalue weighted by Crippen LogP contribution is 2.12. The lowest BCUT2D eigenvalue weighted by Crippen LogP contribution is -2.35.